The highest BCUT2D eigenvalue weighted by Crippen LogP contribution is 2.36. The molecule has 2 saturated heterocycles. The zero-order valence-corrected chi connectivity index (χ0v) is 16.2. The van der Waals surface area contributed by atoms with Gasteiger partial charge in [-0.2, -0.15) is 0 Å². The first kappa shape index (κ1) is 19.1. The molecule has 0 spiro atoms. The van der Waals surface area contributed by atoms with Crippen molar-refractivity contribution in [1.82, 2.24) is 10.3 Å². The summed E-state index contributed by atoms with van der Waals surface area (Å²) in [6.45, 7) is 2.69. The standard InChI is InChI=1S/C23H28N2O3/c26-22(25-21-7-3-11-28-17-21)23(8-12-27-13-9-23)15-18-4-1-5-19(14-18)20-6-2-10-24-16-20/h1-2,4-6,10,14,16,21H,3,7-9,11-13,15,17H2,(H,25,26)/t21-/m1/s1. The van der Waals surface area contributed by atoms with Crippen molar-refractivity contribution in [2.24, 2.45) is 5.41 Å². The van der Waals surface area contributed by atoms with Crippen molar-refractivity contribution in [3.63, 3.8) is 0 Å². The summed E-state index contributed by atoms with van der Waals surface area (Å²) in [5.74, 6) is 0.151. The number of rotatable bonds is 5. The Hall–Kier alpha value is -2.24. The summed E-state index contributed by atoms with van der Waals surface area (Å²) in [5.41, 5.74) is 2.99. The van der Waals surface area contributed by atoms with E-state index < -0.39 is 5.41 Å². The molecule has 5 heteroatoms. The van der Waals surface area contributed by atoms with Gasteiger partial charge in [0, 0.05) is 32.2 Å². The van der Waals surface area contributed by atoms with Crippen molar-refractivity contribution >= 4 is 5.91 Å². The Morgan fingerprint density at radius 3 is 2.71 bits per heavy atom. The predicted molar refractivity (Wildman–Crippen MR) is 108 cm³/mol. The summed E-state index contributed by atoms with van der Waals surface area (Å²) in [7, 11) is 0. The van der Waals surface area contributed by atoms with Crippen LogP contribution in [0.25, 0.3) is 11.1 Å². The molecule has 0 aliphatic carbocycles. The average molecular weight is 380 g/mol. The van der Waals surface area contributed by atoms with Crippen LogP contribution in [0.2, 0.25) is 0 Å². The van der Waals surface area contributed by atoms with E-state index in [0.717, 1.165) is 49.8 Å². The SMILES string of the molecule is O=C(N[C@@H]1CCCOC1)C1(Cc2cccc(-c3cccnc3)c2)CCOCC1. The van der Waals surface area contributed by atoms with Crippen molar-refractivity contribution in [2.45, 2.75) is 38.1 Å². The first-order valence-corrected chi connectivity index (χ1v) is 10.2. The van der Waals surface area contributed by atoms with Crippen molar-refractivity contribution in [3.05, 3.63) is 54.4 Å². The Morgan fingerprint density at radius 1 is 1.11 bits per heavy atom. The molecule has 0 unspecified atom stereocenters. The molecule has 2 aliphatic rings. The van der Waals surface area contributed by atoms with E-state index >= 15 is 0 Å². The van der Waals surface area contributed by atoms with Crippen LogP contribution in [0.15, 0.2) is 48.8 Å². The van der Waals surface area contributed by atoms with E-state index in [1.165, 1.54) is 5.56 Å². The van der Waals surface area contributed by atoms with Crippen molar-refractivity contribution < 1.29 is 14.3 Å². The number of amides is 1. The second kappa shape index (κ2) is 8.84. The van der Waals surface area contributed by atoms with Gasteiger partial charge in [0.25, 0.3) is 0 Å². The molecule has 5 nitrogen and oxygen atoms in total. The number of nitrogens with zero attached hydrogens (tertiary/aromatic N) is 1. The Morgan fingerprint density at radius 2 is 1.96 bits per heavy atom. The van der Waals surface area contributed by atoms with E-state index in [4.69, 9.17) is 9.47 Å². The van der Waals surface area contributed by atoms with Crippen LogP contribution < -0.4 is 5.32 Å². The lowest BCUT2D eigenvalue weighted by Gasteiger charge is -2.37. The van der Waals surface area contributed by atoms with E-state index in [9.17, 15) is 4.79 Å². The van der Waals surface area contributed by atoms with Gasteiger partial charge in [0.1, 0.15) is 0 Å². The molecule has 4 rings (SSSR count). The van der Waals surface area contributed by atoms with E-state index in [2.05, 4.69) is 40.6 Å². The highest BCUT2D eigenvalue weighted by atomic mass is 16.5. The number of hydrogen-bond donors (Lipinski definition) is 1. The van der Waals surface area contributed by atoms with Crippen LogP contribution in [0.3, 0.4) is 0 Å². The molecular formula is C23H28N2O3. The van der Waals surface area contributed by atoms with Gasteiger partial charge >= 0.3 is 0 Å². The topological polar surface area (TPSA) is 60.5 Å². The van der Waals surface area contributed by atoms with Crippen LogP contribution in [0.4, 0.5) is 0 Å². The Labute approximate surface area is 166 Å². The normalized spacial score (nSPS) is 21.8. The van der Waals surface area contributed by atoms with E-state index in [1.54, 1.807) is 6.20 Å². The maximum atomic E-state index is 13.3. The predicted octanol–water partition coefficient (Wildman–Crippen LogP) is 3.38. The van der Waals surface area contributed by atoms with Crippen LogP contribution in [-0.4, -0.2) is 43.4 Å². The number of hydrogen-bond acceptors (Lipinski definition) is 4. The minimum absolute atomic E-state index is 0.127. The lowest BCUT2D eigenvalue weighted by Crippen LogP contribution is -2.51. The largest absolute Gasteiger partial charge is 0.381 e. The quantitative estimate of drug-likeness (QED) is 0.864. The molecule has 2 aromatic rings. The van der Waals surface area contributed by atoms with Crippen LogP contribution in [0.1, 0.15) is 31.2 Å². The summed E-state index contributed by atoms with van der Waals surface area (Å²) in [6, 6.07) is 12.6. The fourth-order valence-electron chi connectivity index (χ4n) is 4.22. The van der Waals surface area contributed by atoms with E-state index in [-0.39, 0.29) is 11.9 Å². The summed E-state index contributed by atoms with van der Waals surface area (Å²) in [4.78, 5) is 17.5. The second-order valence-electron chi connectivity index (χ2n) is 7.90. The molecule has 1 atom stereocenters. The molecule has 0 radical (unpaired) electrons. The van der Waals surface area contributed by atoms with Gasteiger partial charge in [-0.05, 0) is 54.9 Å². The number of aromatic nitrogens is 1. The average Bonchev–Trinajstić information content (AvgIpc) is 2.76. The summed E-state index contributed by atoms with van der Waals surface area (Å²) < 4.78 is 11.1. The fraction of sp³-hybridized carbons (Fsp3) is 0.478. The zero-order chi connectivity index (χ0) is 19.2. The van der Waals surface area contributed by atoms with Crippen LogP contribution in [-0.2, 0) is 20.7 Å². The minimum Gasteiger partial charge on any atom is -0.381 e. The summed E-state index contributed by atoms with van der Waals surface area (Å²) >= 11 is 0. The molecule has 0 bridgehead atoms. The molecule has 3 heterocycles. The molecule has 1 aromatic carbocycles. The van der Waals surface area contributed by atoms with Gasteiger partial charge in [-0.3, -0.25) is 9.78 Å². The third kappa shape index (κ3) is 4.42. The molecule has 1 amide bonds. The van der Waals surface area contributed by atoms with Crippen molar-refractivity contribution in [1.29, 1.82) is 0 Å². The molecule has 2 fully saturated rings. The van der Waals surface area contributed by atoms with Crippen LogP contribution in [0.5, 0.6) is 0 Å². The zero-order valence-electron chi connectivity index (χ0n) is 16.2. The van der Waals surface area contributed by atoms with Gasteiger partial charge in [0.05, 0.1) is 18.1 Å². The molecule has 1 N–H and O–H groups in total. The van der Waals surface area contributed by atoms with Gasteiger partial charge in [-0.1, -0.05) is 30.3 Å². The van der Waals surface area contributed by atoms with Gasteiger partial charge in [0.15, 0.2) is 0 Å². The molecular weight excluding hydrogens is 352 g/mol. The number of nitrogens with one attached hydrogen (secondary N) is 1. The van der Waals surface area contributed by atoms with E-state index in [0.29, 0.717) is 19.8 Å². The molecule has 0 saturated carbocycles. The smallest absolute Gasteiger partial charge is 0.227 e. The Bertz CT molecular complexity index is 781. The number of ether oxygens (including phenoxy) is 2. The summed E-state index contributed by atoms with van der Waals surface area (Å²) in [6.07, 6.45) is 7.89. The van der Waals surface area contributed by atoms with E-state index in [1.807, 2.05) is 12.3 Å². The Kier molecular flexibility index (Phi) is 6.03. The van der Waals surface area contributed by atoms with Gasteiger partial charge in [0.2, 0.25) is 5.91 Å². The second-order valence-corrected chi connectivity index (χ2v) is 7.90. The number of carbonyl (C=O) groups excluding carboxylic acids is 1. The van der Waals surface area contributed by atoms with Crippen molar-refractivity contribution in [3.8, 4) is 11.1 Å². The third-order valence-corrected chi connectivity index (χ3v) is 5.89. The lowest BCUT2D eigenvalue weighted by molar-refractivity contribution is -0.138. The van der Waals surface area contributed by atoms with Gasteiger partial charge in [-0.25, -0.2) is 0 Å². The molecule has 2 aliphatic heterocycles. The van der Waals surface area contributed by atoms with Gasteiger partial charge < -0.3 is 14.8 Å². The lowest BCUT2D eigenvalue weighted by atomic mass is 9.74. The Balaban J connectivity index is 1.54. The number of benzene rings is 1. The monoisotopic (exact) mass is 380 g/mol. The fourth-order valence-corrected chi connectivity index (χ4v) is 4.22. The first-order valence-electron chi connectivity index (χ1n) is 10.2. The highest BCUT2D eigenvalue weighted by molar-refractivity contribution is 5.83. The maximum absolute atomic E-state index is 13.3. The van der Waals surface area contributed by atoms with Crippen LogP contribution >= 0.6 is 0 Å². The number of pyridine rings is 1. The first-order chi connectivity index (χ1) is 13.8. The molecule has 148 valence electrons. The third-order valence-electron chi connectivity index (χ3n) is 5.89. The molecule has 28 heavy (non-hydrogen) atoms. The summed E-state index contributed by atoms with van der Waals surface area (Å²) in [5, 5.41) is 3.27. The van der Waals surface area contributed by atoms with Crippen LogP contribution in [0, 0.1) is 5.41 Å². The van der Waals surface area contributed by atoms with Gasteiger partial charge in [-0.15, -0.1) is 0 Å². The van der Waals surface area contributed by atoms with Crippen molar-refractivity contribution in [2.75, 3.05) is 26.4 Å². The maximum Gasteiger partial charge on any atom is 0.227 e. The minimum atomic E-state index is -0.413. The highest BCUT2D eigenvalue weighted by Gasteiger charge is 2.41. The molecule has 1 aromatic heterocycles. The number of carbonyl (C=O) groups is 1.